The maximum Gasteiger partial charge on any atom is 0.156 e. The van der Waals surface area contributed by atoms with Crippen molar-refractivity contribution in [2.75, 3.05) is 11.0 Å². The Hall–Kier alpha value is 0.427. The van der Waals surface area contributed by atoms with E-state index in [1.165, 1.54) is 0 Å². The Labute approximate surface area is 88.5 Å². The van der Waals surface area contributed by atoms with Crippen LogP contribution in [0.25, 0.3) is 0 Å². The van der Waals surface area contributed by atoms with Gasteiger partial charge < -0.3 is 10.2 Å². The lowest BCUT2D eigenvalue weighted by Crippen LogP contribution is -2.34. The molecule has 2 N–H and O–H groups in total. The van der Waals surface area contributed by atoms with Gasteiger partial charge in [-0.25, -0.2) is 0 Å². The molecule has 70 valence electrons. The van der Waals surface area contributed by atoms with Gasteiger partial charge in [0.2, 0.25) is 0 Å². The molecule has 0 aromatic carbocycles. The Kier molecular flexibility index (Phi) is 4.77. The lowest BCUT2D eigenvalue weighted by molar-refractivity contribution is 0.0583. The van der Waals surface area contributed by atoms with Crippen molar-refractivity contribution in [1.29, 1.82) is 0 Å². The fourth-order valence-electron chi connectivity index (χ4n) is 0.419. The van der Waals surface area contributed by atoms with Crippen molar-refractivity contribution in [1.82, 2.24) is 0 Å². The number of aliphatic hydroxyl groups is 2. The van der Waals surface area contributed by atoms with Gasteiger partial charge in [-0.15, -0.1) is 5.54 Å². The van der Waals surface area contributed by atoms with E-state index in [0.717, 1.165) is 0 Å². The van der Waals surface area contributed by atoms with Gasteiger partial charge in [-0.2, -0.15) is 0 Å². The van der Waals surface area contributed by atoms with Crippen molar-refractivity contribution in [3.63, 3.8) is 0 Å². The van der Waals surface area contributed by atoms with Crippen LogP contribution >= 0.6 is 22.6 Å². The van der Waals surface area contributed by atoms with Crippen molar-refractivity contribution in [2.45, 2.75) is 25.2 Å². The predicted octanol–water partition coefficient (Wildman–Crippen LogP) is 1.03. The summed E-state index contributed by atoms with van der Waals surface area (Å²) in [6.45, 7) is 6.02. The minimum Gasteiger partial charge on any atom is -0.392 e. The summed E-state index contributed by atoms with van der Waals surface area (Å²) in [6, 6.07) is 0. The van der Waals surface area contributed by atoms with Crippen LogP contribution in [0.3, 0.4) is 0 Å². The number of halogens is 1. The van der Waals surface area contributed by atoms with Crippen LogP contribution in [-0.2, 0) is 0 Å². The van der Waals surface area contributed by atoms with Crippen molar-refractivity contribution >= 4 is 30.7 Å². The molecular weight excluding hydrogens is 283 g/mol. The molecular formula is C8H15IO2Si. The summed E-state index contributed by atoms with van der Waals surface area (Å²) in [7, 11) is -1.44. The molecule has 0 aromatic heterocycles. The number of rotatable bonds is 2. The number of aliphatic hydroxyl groups excluding tert-OH is 1. The minimum atomic E-state index is -1.44. The van der Waals surface area contributed by atoms with Crippen molar-refractivity contribution < 1.29 is 10.2 Å². The molecule has 0 amide bonds. The van der Waals surface area contributed by atoms with E-state index in [1.807, 2.05) is 22.6 Å². The monoisotopic (exact) mass is 298 g/mol. The van der Waals surface area contributed by atoms with Crippen LogP contribution in [0, 0.1) is 11.5 Å². The maximum absolute atomic E-state index is 9.58. The molecule has 1 atom stereocenters. The van der Waals surface area contributed by atoms with Crippen molar-refractivity contribution in [3.05, 3.63) is 0 Å². The van der Waals surface area contributed by atoms with Crippen LogP contribution in [-0.4, -0.2) is 34.9 Å². The predicted molar refractivity (Wildman–Crippen MR) is 62.0 cm³/mol. The Bertz CT molecular complexity index is 195. The van der Waals surface area contributed by atoms with Gasteiger partial charge in [0.15, 0.2) is 5.60 Å². The van der Waals surface area contributed by atoms with E-state index in [1.54, 1.807) is 0 Å². The molecule has 0 heterocycles. The SMILES string of the molecule is C[Si](C)(C)C#C[C@](O)(CO)CI. The standard InChI is InChI=1S/C8H15IO2Si/c1-12(2,3)5-4-8(11,6-9)7-10/h10-11H,6-7H2,1-3H3/t8-/m1/s1. The first kappa shape index (κ1) is 12.4. The van der Waals surface area contributed by atoms with Gasteiger partial charge in [0.25, 0.3) is 0 Å². The molecule has 0 fully saturated rings. The molecule has 2 nitrogen and oxygen atoms in total. The Morgan fingerprint density at radius 1 is 1.42 bits per heavy atom. The van der Waals surface area contributed by atoms with E-state index in [4.69, 9.17) is 5.11 Å². The molecule has 0 spiro atoms. The maximum atomic E-state index is 9.58. The lowest BCUT2D eigenvalue weighted by Gasteiger charge is -2.16. The topological polar surface area (TPSA) is 40.5 Å². The van der Waals surface area contributed by atoms with Gasteiger partial charge >= 0.3 is 0 Å². The number of alkyl halides is 1. The summed E-state index contributed by atoms with van der Waals surface area (Å²) in [5.74, 6) is 2.75. The zero-order chi connectivity index (χ0) is 9.83. The first-order valence-electron chi connectivity index (χ1n) is 3.76. The largest absolute Gasteiger partial charge is 0.392 e. The van der Waals surface area contributed by atoms with Gasteiger partial charge in [0.05, 0.1) is 6.61 Å². The molecule has 0 aliphatic carbocycles. The fourth-order valence-corrected chi connectivity index (χ4v) is 1.46. The van der Waals surface area contributed by atoms with Crippen LogP contribution in [0.5, 0.6) is 0 Å². The summed E-state index contributed by atoms with van der Waals surface area (Å²) >= 11 is 2.02. The second-order valence-corrected chi connectivity index (χ2v) is 9.34. The second-order valence-electron chi connectivity index (χ2n) is 3.82. The minimum absolute atomic E-state index is 0.284. The third kappa shape index (κ3) is 5.14. The van der Waals surface area contributed by atoms with Crippen LogP contribution in [0.2, 0.25) is 19.6 Å². The molecule has 12 heavy (non-hydrogen) atoms. The highest BCUT2D eigenvalue weighted by molar-refractivity contribution is 14.1. The van der Waals surface area contributed by atoms with Gasteiger partial charge in [0.1, 0.15) is 8.07 Å². The quantitative estimate of drug-likeness (QED) is 0.346. The van der Waals surface area contributed by atoms with E-state index >= 15 is 0 Å². The summed E-state index contributed by atoms with van der Waals surface area (Å²) in [5, 5.41) is 18.4. The third-order valence-corrected chi connectivity index (χ3v) is 3.29. The molecule has 0 bridgehead atoms. The van der Waals surface area contributed by atoms with Gasteiger partial charge in [-0.05, 0) is 0 Å². The van der Waals surface area contributed by atoms with Gasteiger partial charge in [-0.1, -0.05) is 48.2 Å². The summed E-state index contributed by atoms with van der Waals surface area (Å²) in [6.07, 6.45) is 0. The van der Waals surface area contributed by atoms with Crippen LogP contribution < -0.4 is 0 Å². The van der Waals surface area contributed by atoms with Gasteiger partial charge in [0, 0.05) is 4.43 Å². The highest BCUT2D eigenvalue weighted by Crippen LogP contribution is 2.07. The molecule has 4 heteroatoms. The summed E-state index contributed by atoms with van der Waals surface area (Å²) in [5.41, 5.74) is 1.84. The Balaban J connectivity index is 4.46. The number of hydrogen-bond donors (Lipinski definition) is 2. The molecule has 0 aliphatic rings. The molecule has 0 radical (unpaired) electrons. The molecule has 0 unspecified atom stereocenters. The van der Waals surface area contributed by atoms with Crippen LogP contribution in [0.4, 0.5) is 0 Å². The fraction of sp³-hybridized carbons (Fsp3) is 0.750. The average molecular weight is 298 g/mol. The highest BCUT2D eigenvalue weighted by atomic mass is 127. The molecule has 0 aromatic rings. The molecule has 0 saturated carbocycles. The van der Waals surface area contributed by atoms with E-state index in [2.05, 4.69) is 31.1 Å². The van der Waals surface area contributed by atoms with Crippen molar-refractivity contribution in [2.24, 2.45) is 0 Å². The normalized spacial score (nSPS) is 16.2. The third-order valence-electron chi connectivity index (χ3n) is 1.15. The average Bonchev–Trinajstić information content (AvgIpc) is 1.99. The Morgan fingerprint density at radius 2 is 1.92 bits per heavy atom. The smallest absolute Gasteiger partial charge is 0.156 e. The molecule has 0 rings (SSSR count). The second kappa shape index (κ2) is 4.60. The van der Waals surface area contributed by atoms with Gasteiger partial charge in [-0.3, -0.25) is 0 Å². The Morgan fingerprint density at radius 3 is 2.17 bits per heavy atom. The lowest BCUT2D eigenvalue weighted by atomic mass is 10.1. The summed E-state index contributed by atoms with van der Waals surface area (Å²) in [4.78, 5) is 0. The molecule has 0 aliphatic heterocycles. The summed E-state index contributed by atoms with van der Waals surface area (Å²) < 4.78 is 0.443. The van der Waals surface area contributed by atoms with Crippen LogP contribution in [0.15, 0.2) is 0 Å². The van der Waals surface area contributed by atoms with E-state index < -0.39 is 13.7 Å². The first-order chi connectivity index (χ1) is 5.33. The molecule has 0 saturated heterocycles. The van der Waals surface area contributed by atoms with Crippen molar-refractivity contribution in [3.8, 4) is 11.5 Å². The zero-order valence-corrected chi connectivity index (χ0v) is 10.8. The first-order valence-corrected chi connectivity index (χ1v) is 8.79. The van der Waals surface area contributed by atoms with E-state index in [-0.39, 0.29) is 6.61 Å². The number of hydrogen-bond acceptors (Lipinski definition) is 2. The highest BCUT2D eigenvalue weighted by Gasteiger charge is 2.21. The van der Waals surface area contributed by atoms with Crippen LogP contribution in [0.1, 0.15) is 0 Å². The van der Waals surface area contributed by atoms with E-state index in [9.17, 15) is 5.11 Å². The zero-order valence-electron chi connectivity index (χ0n) is 7.69. The van der Waals surface area contributed by atoms with E-state index in [0.29, 0.717) is 4.43 Å².